The number of aromatic carboxylic acids is 1. The first-order chi connectivity index (χ1) is 11.4. The number of hydrogen-bond acceptors (Lipinski definition) is 5. The van der Waals surface area contributed by atoms with Crippen molar-refractivity contribution in [3.63, 3.8) is 0 Å². The van der Waals surface area contributed by atoms with Crippen LogP contribution in [0, 0.1) is 6.92 Å². The number of aryl methyl sites for hydroxylation is 1. The molecule has 1 aliphatic rings. The Morgan fingerprint density at radius 1 is 1.25 bits per heavy atom. The molecule has 24 heavy (non-hydrogen) atoms. The average molecular weight is 326 g/mol. The fourth-order valence-corrected chi connectivity index (χ4v) is 2.88. The molecule has 3 rings (SSSR count). The molecule has 1 unspecified atom stereocenters. The molecule has 0 bridgehead atoms. The highest BCUT2D eigenvalue weighted by molar-refractivity contribution is 5.88. The summed E-state index contributed by atoms with van der Waals surface area (Å²) in [4.78, 5) is 37.5. The second kappa shape index (κ2) is 6.35. The molecule has 1 fully saturated rings. The summed E-state index contributed by atoms with van der Waals surface area (Å²) in [6.45, 7) is 4.77. The van der Waals surface area contributed by atoms with Gasteiger partial charge in [-0.3, -0.25) is 9.78 Å². The van der Waals surface area contributed by atoms with Crippen LogP contribution in [-0.4, -0.2) is 49.9 Å². The minimum atomic E-state index is -1.02. The topological polar surface area (TPSA) is 96.3 Å². The predicted octanol–water partition coefficient (Wildman–Crippen LogP) is 1.88. The summed E-state index contributed by atoms with van der Waals surface area (Å²) < 4.78 is 0. The summed E-state index contributed by atoms with van der Waals surface area (Å²) in [5, 5.41) is 9.11. The number of carboxylic acids is 1. The number of amides is 1. The Hall–Kier alpha value is -2.83. The summed E-state index contributed by atoms with van der Waals surface area (Å²) >= 11 is 0. The van der Waals surface area contributed by atoms with Crippen LogP contribution >= 0.6 is 0 Å². The Morgan fingerprint density at radius 3 is 2.71 bits per heavy atom. The zero-order valence-electron chi connectivity index (χ0n) is 13.6. The fraction of sp³-hybridized carbons (Fsp3) is 0.353. The van der Waals surface area contributed by atoms with Crippen molar-refractivity contribution in [2.24, 2.45) is 0 Å². The van der Waals surface area contributed by atoms with Crippen molar-refractivity contribution in [3.8, 4) is 11.3 Å². The van der Waals surface area contributed by atoms with Gasteiger partial charge in [-0.1, -0.05) is 0 Å². The maximum atomic E-state index is 11.5. The molecule has 0 aromatic carbocycles. The lowest BCUT2D eigenvalue weighted by molar-refractivity contribution is -0.127. The number of aromatic nitrogens is 3. The van der Waals surface area contributed by atoms with Crippen molar-refractivity contribution in [3.05, 3.63) is 41.6 Å². The third-order valence-electron chi connectivity index (χ3n) is 4.15. The lowest BCUT2D eigenvalue weighted by Crippen LogP contribution is -2.25. The Balaban J connectivity index is 1.94. The van der Waals surface area contributed by atoms with Crippen molar-refractivity contribution in [1.82, 2.24) is 19.9 Å². The summed E-state index contributed by atoms with van der Waals surface area (Å²) in [5.74, 6) is -0.176. The number of rotatable bonds is 3. The molecule has 0 saturated carbocycles. The molecule has 3 heterocycles. The van der Waals surface area contributed by atoms with Gasteiger partial charge in [-0.05, 0) is 25.5 Å². The van der Waals surface area contributed by atoms with Crippen LogP contribution in [0.3, 0.4) is 0 Å². The van der Waals surface area contributed by atoms with Gasteiger partial charge < -0.3 is 10.0 Å². The normalized spacial score (nSPS) is 17.1. The second-order valence-electron chi connectivity index (χ2n) is 5.97. The van der Waals surface area contributed by atoms with E-state index in [4.69, 9.17) is 5.11 Å². The van der Waals surface area contributed by atoms with Gasteiger partial charge in [0, 0.05) is 49.6 Å². The molecule has 7 nitrogen and oxygen atoms in total. The Labute approximate surface area is 139 Å². The lowest BCUT2D eigenvalue weighted by Gasteiger charge is -2.14. The van der Waals surface area contributed by atoms with E-state index in [1.54, 1.807) is 24.1 Å². The molecule has 0 radical (unpaired) electrons. The van der Waals surface area contributed by atoms with Gasteiger partial charge in [0.15, 0.2) is 0 Å². The van der Waals surface area contributed by atoms with E-state index in [9.17, 15) is 9.59 Å². The minimum Gasteiger partial charge on any atom is -0.478 e. The number of nitrogens with zero attached hydrogens (tertiary/aromatic N) is 4. The summed E-state index contributed by atoms with van der Waals surface area (Å²) in [6, 6.07) is 3.36. The summed E-state index contributed by atoms with van der Waals surface area (Å²) in [5.41, 5.74) is 2.21. The van der Waals surface area contributed by atoms with Crippen LogP contribution in [0.25, 0.3) is 11.3 Å². The third-order valence-corrected chi connectivity index (χ3v) is 4.15. The van der Waals surface area contributed by atoms with Gasteiger partial charge in [-0.2, -0.15) is 0 Å². The molecule has 0 aliphatic carbocycles. The molecule has 2 aromatic heterocycles. The predicted molar refractivity (Wildman–Crippen MR) is 86.6 cm³/mol. The maximum Gasteiger partial charge on any atom is 0.337 e. The van der Waals surface area contributed by atoms with E-state index < -0.39 is 5.97 Å². The lowest BCUT2D eigenvalue weighted by atomic mass is 10.1. The molecule has 124 valence electrons. The van der Waals surface area contributed by atoms with E-state index in [1.807, 2.05) is 13.0 Å². The standard InChI is InChI=1S/C17H18N4O3/c1-10-5-15(13-6-14(17(23)24)8-18-7-13)20-16(19-10)12-3-4-21(9-12)11(2)22/h5-8,12H,3-4,9H2,1-2H3,(H,23,24). The van der Waals surface area contributed by atoms with E-state index in [2.05, 4.69) is 15.0 Å². The smallest absolute Gasteiger partial charge is 0.337 e. The van der Waals surface area contributed by atoms with E-state index in [-0.39, 0.29) is 17.4 Å². The van der Waals surface area contributed by atoms with Gasteiger partial charge in [0.1, 0.15) is 5.82 Å². The van der Waals surface area contributed by atoms with E-state index in [0.717, 1.165) is 12.1 Å². The van der Waals surface area contributed by atoms with Gasteiger partial charge in [0.05, 0.1) is 11.3 Å². The Bertz CT molecular complexity index is 806. The molecule has 1 atom stereocenters. The van der Waals surface area contributed by atoms with Gasteiger partial charge in [-0.15, -0.1) is 0 Å². The van der Waals surface area contributed by atoms with Crippen molar-refractivity contribution < 1.29 is 14.7 Å². The fourth-order valence-electron chi connectivity index (χ4n) is 2.88. The number of carboxylic acid groups (broad SMARTS) is 1. The van der Waals surface area contributed by atoms with Gasteiger partial charge in [0.25, 0.3) is 0 Å². The highest BCUT2D eigenvalue weighted by atomic mass is 16.4. The molecule has 1 saturated heterocycles. The van der Waals surface area contributed by atoms with Crippen LogP contribution in [0.2, 0.25) is 0 Å². The number of hydrogen-bond donors (Lipinski definition) is 1. The maximum absolute atomic E-state index is 11.5. The minimum absolute atomic E-state index is 0.0590. The largest absolute Gasteiger partial charge is 0.478 e. The van der Waals surface area contributed by atoms with Crippen LogP contribution in [0.1, 0.15) is 41.1 Å². The first kappa shape index (κ1) is 16.0. The van der Waals surface area contributed by atoms with Gasteiger partial charge in [-0.25, -0.2) is 14.8 Å². The van der Waals surface area contributed by atoms with Crippen LogP contribution < -0.4 is 0 Å². The zero-order chi connectivity index (χ0) is 17.3. The third kappa shape index (κ3) is 3.24. The summed E-state index contributed by atoms with van der Waals surface area (Å²) in [7, 11) is 0. The van der Waals surface area contributed by atoms with E-state index >= 15 is 0 Å². The second-order valence-corrected chi connectivity index (χ2v) is 5.97. The molecule has 0 spiro atoms. The molecule has 7 heteroatoms. The first-order valence-electron chi connectivity index (χ1n) is 7.74. The molecular weight excluding hydrogens is 308 g/mol. The number of likely N-dealkylation sites (tertiary alicyclic amines) is 1. The number of pyridine rings is 1. The zero-order valence-corrected chi connectivity index (χ0v) is 13.6. The van der Waals surface area contributed by atoms with Crippen molar-refractivity contribution in [1.29, 1.82) is 0 Å². The number of carbonyl (C=O) groups is 2. The molecule has 1 aliphatic heterocycles. The van der Waals surface area contributed by atoms with Gasteiger partial charge >= 0.3 is 5.97 Å². The monoisotopic (exact) mass is 326 g/mol. The van der Waals surface area contributed by atoms with Crippen LogP contribution in [0.4, 0.5) is 0 Å². The average Bonchev–Trinajstić information content (AvgIpc) is 3.05. The van der Waals surface area contributed by atoms with Crippen molar-refractivity contribution in [2.45, 2.75) is 26.2 Å². The van der Waals surface area contributed by atoms with Crippen LogP contribution in [-0.2, 0) is 4.79 Å². The first-order valence-corrected chi connectivity index (χ1v) is 7.74. The molecule has 2 aromatic rings. The molecule has 1 N–H and O–H groups in total. The van der Waals surface area contributed by atoms with Crippen LogP contribution in [0.15, 0.2) is 24.5 Å². The van der Waals surface area contributed by atoms with E-state index in [1.165, 1.54) is 6.20 Å². The van der Waals surface area contributed by atoms with Crippen molar-refractivity contribution >= 4 is 11.9 Å². The van der Waals surface area contributed by atoms with E-state index in [0.29, 0.717) is 30.2 Å². The highest BCUT2D eigenvalue weighted by Gasteiger charge is 2.28. The Morgan fingerprint density at radius 2 is 2.04 bits per heavy atom. The SMILES string of the molecule is CC(=O)N1CCC(c2nc(C)cc(-c3cncc(C(=O)O)c3)n2)C1. The highest BCUT2D eigenvalue weighted by Crippen LogP contribution is 2.27. The van der Waals surface area contributed by atoms with Gasteiger partial charge in [0.2, 0.25) is 5.91 Å². The number of carbonyl (C=O) groups excluding carboxylic acids is 1. The molecule has 1 amide bonds. The van der Waals surface area contributed by atoms with Crippen LogP contribution in [0.5, 0.6) is 0 Å². The quantitative estimate of drug-likeness (QED) is 0.925. The van der Waals surface area contributed by atoms with Crippen molar-refractivity contribution in [2.75, 3.05) is 13.1 Å². The molecular formula is C17H18N4O3. The summed E-state index contributed by atoms with van der Waals surface area (Å²) in [6.07, 6.45) is 3.73. The Kier molecular flexibility index (Phi) is 4.24.